The number of benzene rings is 2. The van der Waals surface area contributed by atoms with E-state index in [1.807, 2.05) is 28.9 Å². The molecule has 0 amide bonds. The molecule has 0 N–H and O–H groups in total. The van der Waals surface area contributed by atoms with Crippen LogP contribution in [0.4, 0.5) is 0 Å². The Hall–Kier alpha value is -2.98. The second kappa shape index (κ2) is 6.87. The molecule has 0 atom stereocenters. The largest absolute Gasteiger partial charge is 0.213 e. The molecule has 2 heterocycles. The zero-order valence-electron chi connectivity index (χ0n) is 13.8. The predicted octanol–water partition coefficient (Wildman–Crippen LogP) is 5.51. The molecule has 25 heavy (non-hydrogen) atoms. The summed E-state index contributed by atoms with van der Waals surface area (Å²) in [5.41, 5.74) is 5.29. The lowest BCUT2D eigenvalue weighted by Crippen LogP contribution is -1.97. The van der Waals surface area contributed by atoms with E-state index in [0.717, 1.165) is 22.3 Å². The number of allylic oxidation sites excluding steroid dienone is 2. The summed E-state index contributed by atoms with van der Waals surface area (Å²) >= 11 is 1.71. The van der Waals surface area contributed by atoms with Crippen molar-refractivity contribution in [2.75, 3.05) is 0 Å². The zero-order chi connectivity index (χ0) is 17.1. The molecule has 0 saturated carbocycles. The second-order valence-corrected chi connectivity index (χ2v) is 6.80. The standard InChI is InChI=1S/C21H17N3S/c1-16-8-10-17(11-9-16)12-13-18(15-19-5-4-14-25-19)24-21-7-3-2-6-20(21)22-23-24/h2-15H,1H3. The molecule has 2 aromatic heterocycles. The Labute approximate surface area is 150 Å². The first-order valence-corrected chi connectivity index (χ1v) is 8.98. The Balaban J connectivity index is 1.78. The first-order chi connectivity index (χ1) is 12.3. The van der Waals surface area contributed by atoms with Crippen molar-refractivity contribution in [1.29, 1.82) is 0 Å². The Bertz CT molecular complexity index is 1040. The van der Waals surface area contributed by atoms with Crippen LogP contribution in [0.15, 0.2) is 72.1 Å². The van der Waals surface area contributed by atoms with Crippen LogP contribution in [-0.4, -0.2) is 15.0 Å². The van der Waals surface area contributed by atoms with Gasteiger partial charge in [-0.15, -0.1) is 16.4 Å². The lowest BCUT2D eigenvalue weighted by molar-refractivity contribution is 0.847. The van der Waals surface area contributed by atoms with Crippen molar-refractivity contribution in [1.82, 2.24) is 15.0 Å². The maximum Gasteiger partial charge on any atom is 0.113 e. The van der Waals surface area contributed by atoms with Crippen molar-refractivity contribution in [3.8, 4) is 0 Å². The Kier molecular flexibility index (Phi) is 4.27. The topological polar surface area (TPSA) is 30.7 Å². The van der Waals surface area contributed by atoms with Crippen LogP contribution in [0.25, 0.3) is 28.9 Å². The number of para-hydroxylation sites is 1. The third-order valence-corrected chi connectivity index (χ3v) is 4.77. The summed E-state index contributed by atoms with van der Waals surface area (Å²) in [6.07, 6.45) is 6.33. The maximum absolute atomic E-state index is 4.35. The van der Waals surface area contributed by atoms with Crippen LogP contribution in [0.2, 0.25) is 0 Å². The van der Waals surface area contributed by atoms with Gasteiger partial charge in [0, 0.05) is 4.88 Å². The van der Waals surface area contributed by atoms with Crippen molar-refractivity contribution >= 4 is 40.2 Å². The normalized spacial score (nSPS) is 12.3. The molecule has 4 heteroatoms. The second-order valence-electron chi connectivity index (χ2n) is 5.82. The van der Waals surface area contributed by atoms with E-state index < -0.39 is 0 Å². The Morgan fingerprint density at radius 1 is 1.00 bits per heavy atom. The van der Waals surface area contributed by atoms with Crippen LogP contribution >= 0.6 is 11.3 Å². The number of fused-ring (bicyclic) bond motifs is 1. The lowest BCUT2D eigenvalue weighted by atomic mass is 10.1. The summed E-state index contributed by atoms with van der Waals surface area (Å²) in [6, 6.07) is 20.6. The van der Waals surface area contributed by atoms with E-state index >= 15 is 0 Å². The SMILES string of the molecule is Cc1ccc(C=CC(=Cc2cccs2)n2nnc3ccccc32)cc1. The van der Waals surface area contributed by atoms with Gasteiger partial charge in [0.25, 0.3) is 0 Å². The molecule has 0 aliphatic carbocycles. The molecule has 0 aliphatic heterocycles. The number of aryl methyl sites for hydroxylation is 1. The van der Waals surface area contributed by atoms with Gasteiger partial charge >= 0.3 is 0 Å². The molecule has 122 valence electrons. The Morgan fingerprint density at radius 3 is 2.64 bits per heavy atom. The monoisotopic (exact) mass is 343 g/mol. The van der Waals surface area contributed by atoms with E-state index in [1.165, 1.54) is 10.4 Å². The molecule has 0 spiro atoms. The van der Waals surface area contributed by atoms with Crippen molar-refractivity contribution in [2.45, 2.75) is 6.92 Å². The first kappa shape index (κ1) is 15.5. The van der Waals surface area contributed by atoms with Crippen molar-refractivity contribution < 1.29 is 0 Å². The fourth-order valence-electron chi connectivity index (χ4n) is 2.62. The highest BCUT2D eigenvalue weighted by molar-refractivity contribution is 7.10. The number of hydrogen-bond donors (Lipinski definition) is 0. The average Bonchev–Trinajstić information content (AvgIpc) is 3.29. The van der Waals surface area contributed by atoms with Crippen LogP contribution in [0, 0.1) is 6.92 Å². The summed E-state index contributed by atoms with van der Waals surface area (Å²) in [5.74, 6) is 0. The third-order valence-electron chi connectivity index (χ3n) is 3.95. The number of hydrogen-bond acceptors (Lipinski definition) is 3. The van der Waals surface area contributed by atoms with Gasteiger partial charge < -0.3 is 0 Å². The highest BCUT2D eigenvalue weighted by Gasteiger charge is 2.07. The molecular formula is C21H17N3S. The van der Waals surface area contributed by atoms with Gasteiger partial charge in [0.2, 0.25) is 0 Å². The van der Waals surface area contributed by atoms with Gasteiger partial charge in [0.15, 0.2) is 0 Å². The van der Waals surface area contributed by atoms with Gasteiger partial charge in [0.1, 0.15) is 5.52 Å². The van der Waals surface area contributed by atoms with Crippen LogP contribution in [0.1, 0.15) is 16.0 Å². The molecule has 0 unspecified atom stereocenters. The summed E-state index contributed by atoms with van der Waals surface area (Å²) in [4.78, 5) is 1.18. The van der Waals surface area contributed by atoms with E-state index in [9.17, 15) is 0 Å². The van der Waals surface area contributed by atoms with Gasteiger partial charge in [-0.3, -0.25) is 0 Å². The molecule has 4 aromatic rings. The molecule has 4 rings (SSSR count). The van der Waals surface area contributed by atoms with Crippen molar-refractivity contribution in [3.05, 3.63) is 88.1 Å². The highest BCUT2D eigenvalue weighted by Crippen LogP contribution is 2.21. The molecular weight excluding hydrogens is 326 g/mol. The van der Waals surface area contributed by atoms with E-state index in [-0.39, 0.29) is 0 Å². The van der Waals surface area contributed by atoms with Crippen LogP contribution < -0.4 is 0 Å². The Morgan fingerprint density at radius 2 is 1.84 bits per heavy atom. The first-order valence-electron chi connectivity index (χ1n) is 8.10. The summed E-state index contributed by atoms with van der Waals surface area (Å²) < 4.78 is 1.89. The molecule has 0 saturated heterocycles. The van der Waals surface area contributed by atoms with Gasteiger partial charge in [-0.25, -0.2) is 4.68 Å². The van der Waals surface area contributed by atoms with E-state index in [1.54, 1.807) is 11.3 Å². The third kappa shape index (κ3) is 3.44. The number of thiophene rings is 1. The number of nitrogens with zero attached hydrogens (tertiary/aromatic N) is 3. The molecule has 3 nitrogen and oxygen atoms in total. The van der Waals surface area contributed by atoms with Crippen LogP contribution in [0.3, 0.4) is 0 Å². The maximum atomic E-state index is 4.35. The van der Waals surface area contributed by atoms with Crippen molar-refractivity contribution in [3.63, 3.8) is 0 Å². The predicted molar refractivity (Wildman–Crippen MR) is 106 cm³/mol. The highest BCUT2D eigenvalue weighted by atomic mass is 32.1. The quantitative estimate of drug-likeness (QED) is 0.457. The number of rotatable bonds is 4. The average molecular weight is 343 g/mol. The molecule has 0 radical (unpaired) electrons. The minimum absolute atomic E-state index is 0.892. The summed E-state index contributed by atoms with van der Waals surface area (Å²) in [7, 11) is 0. The van der Waals surface area contributed by atoms with Crippen LogP contribution in [-0.2, 0) is 0 Å². The van der Waals surface area contributed by atoms with Gasteiger partial charge in [0.05, 0.1) is 11.2 Å². The fourth-order valence-corrected chi connectivity index (χ4v) is 3.28. The minimum Gasteiger partial charge on any atom is -0.213 e. The minimum atomic E-state index is 0.892. The van der Waals surface area contributed by atoms with Gasteiger partial charge in [-0.05, 0) is 48.2 Å². The van der Waals surface area contributed by atoms with E-state index in [2.05, 4.69) is 77.2 Å². The molecule has 0 aliphatic rings. The molecule has 0 fully saturated rings. The van der Waals surface area contributed by atoms with E-state index in [4.69, 9.17) is 0 Å². The molecule has 0 bridgehead atoms. The van der Waals surface area contributed by atoms with Crippen molar-refractivity contribution in [2.24, 2.45) is 0 Å². The summed E-state index contributed by atoms with van der Waals surface area (Å²) in [5, 5.41) is 10.7. The smallest absolute Gasteiger partial charge is 0.113 e. The van der Waals surface area contributed by atoms with Gasteiger partial charge in [-0.1, -0.05) is 59.3 Å². The van der Waals surface area contributed by atoms with E-state index in [0.29, 0.717) is 0 Å². The van der Waals surface area contributed by atoms with Gasteiger partial charge in [-0.2, -0.15) is 0 Å². The lowest BCUT2D eigenvalue weighted by Gasteiger charge is -2.04. The van der Waals surface area contributed by atoms with Crippen LogP contribution in [0.5, 0.6) is 0 Å². The number of aromatic nitrogens is 3. The zero-order valence-corrected chi connectivity index (χ0v) is 14.6. The molecule has 2 aromatic carbocycles. The fraction of sp³-hybridized carbons (Fsp3) is 0.0476. The summed E-state index contributed by atoms with van der Waals surface area (Å²) in [6.45, 7) is 2.09.